The predicted molar refractivity (Wildman–Crippen MR) is 64.9 cm³/mol. The third kappa shape index (κ3) is 2.30. The van der Waals surface area contributed by atoms with Gasteiger partial charge in [0.15, 0.2) is 0 Å². The highest BCUT2D eigenvalue weighted by Crippen LogP contribution is 2.30. The number of phenols is 1. The Morgan fingerprint density at radius 3 is 2.11 bits per heavy atom. The molecule has 18 heavy (non-hydrogen) atoms. The summed E-state index contributed by atoms with van der Waals surface area (Å²) in [5.74, 6) is -1.39. The van der Waals surface area contributed by atoms with E-state index in [9.17, 15) is 14.7 Å². The van der Waals surface area contributed by atoms with Crippen LogP contribution in [-0.4, -0.2) is 31.3 Å². The normalized spacial score (nSPS) is 10.0. The number of hydrogen-bond acceptors (Lipinski definition) is 5. The topological polar surface area (TPSA) is 72.8 Å². The van der Waals surface area contributed by atoms with Gasteiger partial charge in [-0.05, 0) is 30.5 Å². The number of carbonyl (C=O) groups excluding carboxylic acids is 2. The Morgan fingerprint density at radius 2 is 1.67 bits per heavy atom. The zero-order valence-electron chi connectivity index (χ0n) is 10.9. The van der Waals surface area contributed by atoms with Crippen molar-refractivity contribution in [3.05, 3.63) is 28.3 Å². The van der Waals surface area contributed by atoms with Crippen LogP contribution in [0.4, 0.5) is 0 Å². The quantitative estimate of drug-likeness (QED) is 0.831. The Kier molecular flexibility index (Phi) is 4.31. The molecule has 0 fully saturated rings. The van der Waals surface area contributed by atoms with Gasteiger partial charge in [0.2, 0.25) is 0 Å². The van der Waals surface area contributed by atoms with Crippen LogP contribution in [0.25, 0.3) is 0 Å². The minimum absolute atomic E-state index is 0.0346. The second-order valence-electron chi connectivity index (χ2n) is 3.76. The zero-order valence-corrected chi connectivity index (χ0v) is 10.9. The lowest BCUT2D eigenvalue weighted by Crippen LogP contribution is -2.11. The smallest absolute Gasteiger partial charge is 0.341 e. The number of hydrogen-bond donors (Lipinski definition) is 1. The van der Waals surface area contributed by atoms with Crippen molar-refractivity contribution < 1.29 is 24.2 Å². The largest absolute Gasteiger partial charge is 0.507 e. The van der Waals surface area contributed by atoms with Crippen LogP contribution < -0.4 is 0 Å². The minimum Gasteiger partial charge on any atom is -0.507 e. The number of ether oxygens (including phenoxy) is 2. The van der Waals surface area contributed by atoms with Crippen molar-refractivity contribution >= 4 is 11.9 Å². The molecule has 1 N–H and O–H groups in total. The maximum atomic E-state index is 11.7. The van der Waals surface area contributed by atoms with Crippen LogP contribution in [0.1, 0.15) is 38.8 Å². The summed E-state index contributed by atoms with van der Waals surface area (Å²) in [5.41, 5.74) is 1.39. The lowest BCUT2D eigenvalue weighted by atomic mass is 9.95. The summed E-state index contributed by atoms with van der Waals surface area (Å²) in [6, 6.07) is 1.30. The van der Waals surface area contributed by atoms with Gasteiger partial charge in [-0.25, -0.2) is 9.59 Å². The van der Waals surface area contributed by atoms with Gasteiger partial charge in [-0.3, -0.25) is 0 Å². The highest BCUT2D eigenvalue weighted by molar-refractivity contribution is 5.99. The molecule has 0 amide bonds. The summed E-state index contributed by atoms with van der Waals surface area (Å²) in [6.45, 7) is 3.50. The van der Waals surface area contributed by atoms with Gasteiger partial charge in [0.1, 0.15) is 11.3 Å². The molecule has 0 aliphatic carbocycles. The molecule has 0 aromatic heterocycles. The van der Waals surface area contributed by atoms with E-state index >= 15 is 0 Å². The highest BCUT2D eigenvalue weighted by atomic mass is 16.5. The Morgan fingerprint density at radius 1 is 1.17 bits per heavy atom. The molecular formula is C13H16O5. The summed E-state index contributed by atoms with van der Waals surface area (Å²) in [5, 5.41) is 9.94. The number of benzene rings is 1. The van der Waals surface area contributed by atoms with Crippen LogP contribution in [0, 0.1) is 6.92 Å². The number of esters is 2. The molecule has 0 atom stereocenters. The van der Waals surface area contributed by atoms with Crippen LogP contribution >= 0.6 is 0 Å². The fraction of sp³-hybridized carbons (Fsp3) is 0.385. The molecule has 0 bridgehead atoms. The van der Waals surface area contributed by atoms with Crippen LogP contribution in [0.15, 0.2) is 6.07 Å². The van der Waals surface area contributed by atoms with Crippen molar-refractivity contribution in [3.8, 4) is 5.75 Å². The molecule has 0 unspecified atom stereocenters. The Labute approximate surface area is 105 Å². The molecular weight excluding hydrogens is 236 g/mol. The molecule has 0 spiro atoms. The molecule has 0 aliphatic rings. The first-order valence-corrected chi connectivity index (χ1v) is 5.49. The first-order chi connectivity index (χ1) is 8.47. The SMILES string of the molecule is CCc1c(C(=O)OC)cc(C(=O)OC)c(O)c1C. The molecule has 1 aromatic carbocycles. The van der Waals surface area contributed by atoms with E-state index in [4.69, 9.17) is 0 Å². The van der Waals surface area contributed by atoms with Crippen LogP contribution in [0.3, 0.4) is 0 Å². The summed E-state index contributed by atoms with van der Waals surface area (Å²) in [6.07, 6.45) is 0.547. The lowest BCUT2D eigenvalue weighted by Gasteiger charge is -2.14. The monoisotopic (exact) mass is 252 g/mol. The van der Waals surface area contributed by atoms with E-state index in [1.807, 2.05) is 6.92 Å². The molecule has 5 heteroatoms. The van der Waals surface area contributed by atoms with Gasteiger partial charge in [0.05, 0.1) is 19.8 Å². The first kappa shape index (κ1) is 14.0. The molecule has 0 aliphatic heterocycles. The van der Waals surface area contributed by atoms with E-state index < -0.39 is 11.9 Å². The highest BCUT2D eigenvalue weighted by Gasteiger charge is 2.22. The van der Waals surface area contributed by atoms with Gasteiger partial charge < -0.3 is 14.6 Å². The first-order valence-electron chi connectivity index (χ1n) is 5.49. The fourth-order valence-electron chi connectivity index (χ4n) is 1.86. The third-order valence-electron chi connectivity index (χ3n) is 2.84. The van der Waals surface area contributed by atoms with E-state index in [1.54, 1.807) is 6.92 Å². The maximum absolute atomic E-state index is 11.7. The average Bonchev–Trinajstić information content (AvgIpc) is 2.39. The van der Waals surface area contributed by atoms with Crippen molar-refractivity contribution in [2.75, 3.05) is 14.2 Å². The Balaban J connectivity index is 3.55. The van der Waals surface area contributed by atoms with Crippen molar-refractivity contribution in [1.29, 1.82) is 0 Å². The van der Waals surface area contributed by atoms with Gasteiger partial charge in [0.25, 0.3) is 0 Å². The van der Waals surface area contributed by atoms with Crippen molar-refractivity contribution in [2.24, 2.45) is 0 Å². The molecule has 1 rings (SSSR count). The second kappa shape index (κ2) is 5.53. The number of carbonyl (C=O) groups is 2. The maximum Gasteiger partial charge on any atom is 0.341 e. The van der Waals surface area contributed by atoms with Gasteiger partial charge in [0, 0.05) is 0 Å². The standard InChI is InChI=1S/C13H16O5/c1-5-8-7(2)11(14)10(13(16)18-4)6-9(8)12(15)17-3/h6,14H,5H2,1-4H3. The Hall–Kier alpha value is -2.04. The summed E-state index contributed by atoms with van der Waals surface area (Å²) in [4.78, 5) is 23.2. The van der Waals surface area contributed by atoms with Gasteiger partial charge in [-0.15, -0.1) is 0 Å². The van der Waals surface area contributed by atoms with Crippen molar-refractivity contribution in [2.45, 2.75) is 20.3 Å². The number of phenolic OH excluding ortho intramolecular Hbond substituents is 1. The summed E-state index contributed by atoms with van der Waals surface area (Å²) in [7, 11) is 2.48. The van der Waals surface area contributed by atoms with Gasteiger partial charge in [-0.1, -0.05) is 6.92 Å². The molecule has 0 saturated carbocycles. The van der Waals surface area contributed by atoms with E-state index in [2.05, 4.69) is 9.47 Å². The molecule has 5 nitrogen and oxygen atoms in total. The zero-order chi connectivity index (χ0) is 13.9. The van der Waals surface area contributed by atoms with Gasteiger partial charge >= 0.3 is 11.9 Å². The van der Waals surface area contributed by atoms with Gasteiger partial charge in [-0.2, -0.15) is 0 Å². The van der Waals surface area contributed by atoms with E-state index in [0.29, 0.717) is 17.5 Å². The fourth-order valence-corrected chi connectivity index (χ4v) is 1.86. The summed E-state index contributed by atoms with van der Waals surface area (Å²) < 4.78 is 9.23. The minimum atomic E-state index is -0.691. The molecule has 0 radical (unpaired) electrons. The van der Waals surface area contributed by atoms with Crippen LogP contribution in [0.2, 0.25) is 0 Å². The summed E-state index contributed by atoms with van der Waals surface area (Å²) >= 11 is 0. The van der Waals surface area contributed by atoms with E-state index in [-0.39, 0.29) is 16.9 Å². The van der Waals surface area contributed by atoms with E-state index in [1.165, 1.54) is 20.3 Å². The molecule has 0 heterocycles. The van der Waals surface area contributed by atoms with Crippen LogP contribution in [-0.2, 0) is 15.9 Å². The number of aromatic hydroxyl groups is 1. The average molecular weight is 252 g/mol. The molecule has 98 valence electrons. The Bertz CT molecular complexity index is 491. The number of methoxy groups -OCH3 is 2. The third-order valence-corrected chi connectivity index (χ3v) is 2.84. The molecule has 0 saturated heterocycles. The van der Waals surface area contributed by atoms with Crippen LogP contribution in [0.5, 0.6) is 5.75 Å². The second-order valence-corrected chi connectivity index (χ2v) is 3.76. The van der Waals surface area contributed by atoms with E-state index in [0.717, 1.165) is 0 Å². The van der Waals surface area contributed by atoms with Crippen molar-refractivity contribution in [3.63, 3.8) is 0 Å². The van der Waals surface area contributed by atoms with Crippen molar-refractivity contribution in [1.82, 2.24) is 0 Å². The predicted octanol–water partition coefficient (Wildman–Crippen LogP) is 1.84. The lowest BCUT2D eigenvalue weighted by molar-refractivity contribution is 0.0596. The number of rotatable bonds is 3. The molecule has 1 aromatic rings.